The van der Waals surface area contributed by atoms with Crippen molar-refractivity contribution in [1.82, 2.24) is 0 Å². The van der Waals surface area contributed by atoms with Crippen LogP contribution in [0, 0.1) is 0 Å². The van der Waals surface area contributed by atoms with Gasteiger partial charge in [-0.2, -0.15) is 0 Å². The number of hydrogen-bond donors (Lipinski definition) is 1. The van der Waals surface area contributed by atoms with E-state index in [1.807, 2.05) is 12.1 Å². The molecular formula is C10H11NOS. The molecule has 0 unspecified atom stereocenters. The molecule has 0 bridgehead atoms. The summed E-state index contributed by atoms with van der Waals surface area (Å²) in [5.41, 5.74) is 0. The van der Waals surface area contributed by atoms with Gasteiger partial charge in [0.25, 0.3) is 0 Å². The fourth-order valence-electron chi connectivity index (χ4n) is 1.14. The highest BCUT2D eigenvalue weighted by Gasteiger charge is 1.95. The molecule has 0 spiro atoms. The zero-order valence-corrected chi connectivity index (χ0v) is 8.01. The summed E-state index contributed by atoms with van der Waals surface area (Å²) in [7, 11) is 0. The van der Waals surface area contributed by atoms with Crippen LogP contribution in [-0.2, 0) is 6.42 Å². The molecule has 0 saturated carbocycles. The van der Waals surface area contributed by atoms with Crippen molar-refractivity contribution in [2.24, 2.45) is 0 Å². The zero-order chi connectivity index (χ0) is 8.93. The minimum atomic E-state index is 0.844. The van der Waals surface area contributed by atoms with E-state index in [9.17, 15) is 0 Å². The van der Waals surface area contributed by atoms with Crippen molar-refractivity contribution in [2.45, 2.75) is 6.42 Å². The average Bonchev–Trinajstić information content (AvgIpc) is 2.75. The Bertz CT molecular complexity index is 291. The van der Waals surface area contributed by atoms with Crippen molar-refractivity contribution in [2.75, 3.05) is 11.9 Å². The third kappa shape index (κ3) is 2.36. The van der Waals surface area contributed by atoms with Crippen molar-refractivity contribution in [3.05, 3.63) is 40.8 Å². The van der Waals surface area contributed by atoms with Crippen molar-refractivity contribution in [1.29, 1.82) is 0 Å². The van der Waals surface area contributed by atoms with Crippen LogP contribution in [-0.4, -0.2) is 6.54 Å². The van der Waals surface area contributed by atoms with Gasteiger partial charge in [-0.25, -0.2) is 0 Å². The third-order valence-electron chi connectivity index (χ3n) is 1.77. The molecule has 0 aromatic carbocycles. The van der Waals surface area contributed by atoms with Crippen molar-refractivity contribution < 1.29 is 4.42 Å². The molecule has 0 amide bonds. The predicted molar refractivity (Wildman–Crippen MR) is 55.2 cm³/mol. The number of hydrogen-bond acceptors (Lipinski definition) is 3. The first-order valence-electron chi connectivity index (χ1n) is 4.25. The lowest BCUT2D eigenvalue weighted by Crippen LogP contribution is -2.02. The van der Waals surface area contributed by atoms with Gasteiger partial charge in [0.1, 0.15) is 0 Å². The largest absolute Gasteiger partial charge is 0.449 e. The first kappa shape index (κ1) is 8.38. The summed E-state index contributed by atoms with van der Waals surface area (Å²) in [5, 5.41) is 5.30. The molecule has 0 saturated heterocycles. The van der Waals surface area contributed by atoms with Gasteiger partial charge in [-0.3, -0.25) is 0 Å². The van der Waals surface area contributed by atoms with E-state index in [0.717, 1.165) is 18.8 Å². The van der Waals surface area contributed by atoms with Gasteiger partial charge in [0.05, 0.1) is 6.26 Å². The Hall–Kier alpha value is -1.22. The number of anilines is 1. The molecule has 0 fully saturated rings. The second-order valence-corrected chi connectivity index (χ2v) is 3.77. The van der Waals surface area contributed by atoms with Crippen LogP contribution in [0.2, 0.25) is 0 Å². The molecule has 2 rings (SSSR count). The summed E-state index contributed by atoms with van der Waals surface area (Å²) in [6.07, 6.45) is 2.73. The molecule has 68 valence electrons. The van der Waals surface area contributed by atoms with Gasteiger partial charge in [-0.1, -0.05) is 6.07 Å². The number of furan rings is 1. The van der Waals surface area contributed by atoms with Gasteiger partial charge in [-0.15, -0.1) is 11.3 Å². The van der Waals surface area contributed by atoms with Gasteiger partial charge in [0.2, 0.25) is 0 Å². The highest BCUT2D eigenvalue weighted by atomic mass is 32.1. The molecule has 0 aliphatic carbocycles. The first-order chi connectivity index (χ1) is 6.45. The first-order valence-corrected chi connectivity index (χ1v) is 5.13. The number of thiophene rings is 1. The van der Waals surface area contributed by atoms with Crippen molar-refractivity contribution >= 4 is 17.2 Å². The maximum absolute atomic E-state index is 5.15. The van der Waals surface area contributed by atoms with Crippen LogP contribution >= 0.6 is 11.3 Å². The molecule has 0 aliphatic rings. The van der Waals surface area contributed by atoms with E-state index in [1.165, 1.54) is 4.88 Å². The Labute approximate surface area is 81.2 Å². The van der Waals surface area contributed by atoms with Gasteiger partial charge >= 0.3 is 0 Å². The van der Waals surface area contributed by atoms with Crippen LogP contribution in [0.4, 0.5) is 5.88 Å². The second-order valence-electron chi connectivity index (χ2n) is 2.73. The van der Waals surface area contributed by atoms with Crippen LogP contribution in [0.3, 0.4) is 0 Å². The monoisotopic (exact) mass is 193 g/mol. The fraction of sp³-hybridized carbons (Fsp3) is 0.200. The van der Waals surface area contributed by atoms with E-state index in [0.29, 0.717) is 0 Å². The summed E-state index contributed by atoms with van der Waals surface area (Å²) < 4.78 is 5.15. The highest BCUT2D eigenvalue weighted by Crippen LogP contribution is 2.10. The molecule has 0 atom stereocenters. The molecule has 0 aliphatic heterocycles. The third-order valence-corrected chi connectivity index (χ3v) is 2.71. The molecule has 2 aromatic rings. The lowest BCUT2D eigenvalue weighted by molar-refractivity contribution is 0.579. The molecule has 2 nitrogen and oxygen atoms in total. The van der Waals surface area contributed by atoms with Crippen LogP contribution in [0.5, 0.6) is 0 Å². The van der Waals surface area contributed by atoms with E-state index < -0.39 is 0 Å². The summed E-state index contributed by atoms with van der Waals surface area (Å²) in [6, 6.07) is 8.03. The predicted octanol–water partition coefficient (Wildman–Crippen LogP) is 3.00. The molecule has 1 N–H and O–H groups in total. The van der Waals surface area contributed by atoms with Gasteiger partial charge in [-0.05, 0) is 23.9 Å². The van der Waals surface area contributed by atoms with E-state index in [1.54, 1.807) is 17.6 Å². The van der Waals surface area contributed by atoms with Gasteiger partial charge in [0.15, 0.2) is 5.88 Å². The molecule has 2 aromatic heterocycles. The van der Waals surface area contributed by atoms with E-state index >= 15 is 0 Å². The summed E-state index contributed by atoms with van der Waals surface area (Å²) >= 11 is 1.79. The van der Waals surface area contributed by atoms with Crippen LogP contribution < -0.4 is 5.32 Å². The van der Waals surface area contributed by atoms with Crippen molar-refractivity contribution in [3.8, 4) is 0 Å². The lowest BCUT2D eigenvalue weighted by Gasteiger charge is -1.99. The van der Waals surface area contributed by atoms with Crippen LogP contribution in [0.15, 0.2) is 40.3 Å². The SMILES string of the molecule is c1coc(NCCc2cccs2)c1. The fourth-order valence-corrected chi connectivity index (χ4v) is 1.85. The Kier molecular flexibility index (Phi) is 2.67. The Morgan fingerprint density at radius 1 is 1.31 bits per heavy atom. The lowest BCUT2D eigenvalue weighted by atomic mass is 10.3. The topological polar surface area (TPSA) is 25.2 Å². The van der Waals surface area contributed by atoms with Gasteiger partial charge < -0.3 is 9.73 Å². The molecular weight excluding hydrogens is 182 g/mol. The minimum absolute atomic E-state index is 0.844. The van der Waals surface area contributed by atoms with Crippen molar-refractivity contribution in [3.63, 3.8) is 0 Å². The number of nitrogens with one attached hydrogen (secondary N) is 1. The van der Waals surface area contributed by atoms with E-state index in [4.69, 9.17) is 4.42 Å². The molecule has 2 heterocycles. The van der Waals surface area contributed by atoms with E-state index in [-0.39, 0.29) is 0 Å². The molecule has 13 heavy (non-hydrogen) atoms. The normalized spacial score (nSPS) is 10.2. The Balaban J connectivity index is 1.76. The van der Waals surface area contributed by atoms with Gasteiger partial charge in [0, 0.05) is 17.5 Å². The highest BCUT2D eigenvalue weighted by molar-refractivity contribution is 7.09. The maximum atomic E-state index is 5.15. The van der Waals surface area contributed by atoms with Crippen LogP contribution in [0.25, 0.3) is 0 Å². The quantitative estimate of drug-likeness (QED) is 0.807. The van der Waals surface area contributed by atoms with Crippen LogP contribution in [0.1, 0.15) is 4.88 Å². The standard InChI is InChI=1S/C10H11NOS/c1-4-10(12-7-1)11-6-5-9-3-2-8-13-9/h1-4,7-8,11H,5-6H2. The smallest absolute Gasteiger partial charge is 0.192 e. The van der Waals surface area contributed by atoms with E-state index in [2.05, 4.69) is 22.8 Å². The Morgan fingerprint density at radius 2 is 2.31 bits per heavy atom. The second kappa shape index (κ2) is 4.14. The molecule has 0 radical (unpaired) electrons. The summed E-state index contributed by atoms with van der Waals surface area (Å²) in [4.78, 5) is 1.40. The number of rotatable bonds is 4. The molecule has 3 heteroatoms. The zero-order valence-electron chi connectivity index (χ0n) is 7.19. The maximum Gasteiger partial charge on any atom is 0.192 e. The summed E-state index contributed by atoms with van der Waals surface area (Å²) in [6.45, 7) is 0.925. The minimum Gasteiger partial charge on any atom is -0.449 e. The average molecular weight is 193 g/mol. The Morgan fingerprint density at radius 3 is 3.00 bits per heavy atom. The summed E-state index contributed by atoms with van der Waals surface area (Å²) in [5.74, 6) is 0.844.